The zero-order chi connectivity index (χ0) is 18.7. The van der Waals surface area contributed by atoms with Crippen LogP contribution >= 0.6 is 11.8 Å². The summed E-state index contributed by atoms with van der Waals surface area (Å²) in [7, 11) is 0. The van der Waals surface area contributed by atoms with Gasteiger partial charge in [-0.25, -0.2) is 4.98 Å². The van der Waals surface area contributed by atoms with Gasteiger partial charge in [0.05, 0.1) is 22.8 Å². The summed E-state index contributed by atoms with van der Waals surface area (Å²) in [5, 5.41) is 11.9. The summed E-state index contributed by atoms with van der Waals surface area (Å²) >= 11 is 1.41. The predicted molar refractivity (Wildman–Crippen MR) is 98.7 cm³/mol. The van der Waals surface area contributed by atoms with Crippen LogP contribution in [0.15, 0.2) is 28.2 Å². The molecule has 2 aromatic rings. The standard InChI is InChI=1S/C17H20N4O4S/c1-3-25-15-5-4-11(8-14(15)21(23)24)9-20-7-6-13-12(10-20)16(22)19-17(18-13)26-2/h4-5,8H,3,6-7,9-10H2,1-2H3,(H,18,19,22). The van der Waals surface area contributed by atoms with Crippen LogP contribution in [-0.4, -0.2) is 39.2 Å². The van der Waals surface area contributed by atoms with Crippen LogP contribution < -0.4 is 10.3 Å². The molecule has 1 N–H and O–H groups in total. The molecule has 1 aromatic carbocycles. The molecule has 1 aliphatic heterocycles. The largest absolute Gasteiger partial charge is 0.487 e. The predicted octanol–water partition coefficient (Wildman–Crippen LogP) is 2.36. The SMILES string of the molecule is CCOc1ccc(CN2CCc3nc(SC)[nH]c(=O)c3C2)cc1[N+](=O)[O-]. The third-order valence-electron chi connectivity index (χ3n) is 4.25. The van der Waals surface area contributed by atoms with Crippen LogP contribution in [0, 0.1) is 10.1 Å². The lowest BCUT2D eigenvalue weighted by molar-refractivity contribution is -0.385. The lowest BCUT2D eigenvalue weighted by Gasteiger charge is -2.27. The molecule has 0 spiro atoms. The second kappa shape index (κ2) is 7.88. The number of H-pyrrole nitrogens is 1. The first-order valence-electron chi connectivity index (χ1n) is 8.30. The fourth-order valence-corrected chi connectivity index (χ4v) is 3.43. The van der Waals surface area contributed by atoms with E-state index in [1.165, 1.54) is 11.8 Å². The van der Waals surface area contributed by atoms with Gasteiger partial charge in [0.15, 0.2) is 10.9 Å². The molecule has 3 rings (SSSR count). The van der Waals surface area contributed by atoms with Gasteiger partial charge in [0.2, 0.25) is 0 Å². The average molecular weight is 376 g/mol. The number of rotatable bonds is 6. The van der Waals surface area contributed by atoms with Gasteiger partial charge in [-0.1, -0.05) is 17.8 Å². The average Bonchev–Trinajstić information content (AvgIpc) is 2.63. The number of nitro groups is 1. The van der Waals surface area contributed by atoms with E-state index in [1.807, 2.05) is 12.3 Å². The molecule has 2 heterocycles. The second-order valence-corrected chi connectivity index (χ2v) is 6.75. The Morgan fingerprint density at radius 1 is 1.46 bits per heavy atom. The Morgan fingerprint density at radius 2 is 2.27 bits per heavy atom. The molecule has 0 saturated carbocycles. The van der Waals surface area contributed by atoms with E-state index in [9.17, 15) is 14.9 Å². The number of thioether (sulfide) groups is 1. The van der Waals surface area contributed by atoms with Gasteiger partial charge in [-0.3, -0.25) is 19.8 Å². The van der Waals surface area contributed by atoms with Crippen molar-refractivity contribution in [3.05, 3.63) is 55.5 Å². The molecule has 8 nitrogen and oxygen atoms in total. The molecule has 0 radical (unpaired) electrons. The van der Waals surface area contributed by atoms with Crippen molar-refractivity contribution in [2.75, 3.05) is 19.4 Å². The fraction of sp³-hybridized carbons (Fsp3) is 0.412. The highest BCUT2D eigenvalue weighted by Crippen LogP contribution is 2.29. The molecular weight excluding hydrogens is 356 g/mol. The van der Waals surface area contributed by atoms with Gasteiger partial charge >= 0.3 is 5.69 Å². The molecule has 26 heavy (non-hydrogen) atoms. The van der Waals surface area contributed by atoms with Crippen molar-refractivity contribution >= 4 is 17.4 Å². The van der Waals surface area contributed by atoms with Crippen LogP contribution in [0.3, 0.4) is 0 Å². The summed E-state index contributed by atoms with van der Waals surface area (Å²) in [6, 6.07) is 5.00. The minimum absolute atomic E-state index is 0.0362. The smallest absolute Gasteiger partial charge is 0.311 e. The molecular formula is C17H20N4O4S. The Morgan fingerprint density at radius 3 is 2.96 bits per heavy atom. The van der Waals surface area contributed by atoms with Gasteiger partial charge in [-0.2, -0.15) is 0 Å². The van der Waals surface area contributed by atoms with Gasteiger partial charge in [0.25, 0.3) is 5.56 Å². The van der Waals surface area contributed by atoms with Crippen molar-refractivity contribution in [1.82, 2.24) is 14.9 Å². The van der Waals surface area contributed by atoms with E-state index < -0.39 is 4.92 Å². The van der Waals surface area contributed by atoms with Crippen LogP contribution in [0.2, 0.25) is 0 Å². The molecule has 0 fully saturated rings. The molecule has 0 unspecified atom stereocenters. The Kier molecular flexibility index (Phi) is 5.58. The van der Waals surface area contributed by atoms with Crippen LogP contribution in [0.4, 0.5) is 5.69 Å². The van der Waals surface area contributed by atoms with Crippen molar-refractivity contribution < 1.29 is 9.66 Å². The van der Waals surface area contributed by atoms with Crippen LogP contribution in [-0.2, 0) is 19.5 Å². The number of ether oxygens (including phenoxy) is 1. The van der Waals surface area contributed by atoms with Crippen LogP contribution in [0.5, 0.6) is 5.75 Å². The Balaban J connectivity index is 1.79. The highest BCUT2D eigenvalue weighted by molar-refractivity contribution is 7.98. The zero-order valence-electron chi connectivity index (χ0n) is 14.7. The van der Waals surface area contributed by atoms with E-state index in [4.69, 9.17) is 4.74 Å². The Labute approximate surface area is 154 Å². The molecule has 0 amide bonds. The number of fused-ring (bicyclic) bond motifs is 1. The Hall–Kier alpha value is -2.39. The summed E-state index contributed by atoms with van der Waals surface area (Å²) in [6.07, 6.45) is 2.56. The number of nitro benzene ring substituents is 1. The van der Waals surface area contributed by atoms with E-state index >= 15 is 0 Å². The summed E-state index contributed by atoms with van der Waals surface area (Å²) in [5.41, 5.74) is 2.18. The van der Waals surface area contributed by atoms with Crippen LogP contribution in [0.25, 0.3) is 0 Å². The molecule has 9 heteroatoms. The van der Waals surface area contributed by atoms with Crippen LogP contribution in [0.1, 0.15) is 23.7 Å². The van der Waals surface area contributed by atoms with E-state index in [-0.39, 0.29) is 17.0 Å². The normalized spacial score (nSPS) is 14.1. The lowest BCUT2D eigenvalue weighted by atomic mass is 10.1. The van der Waals surface area contributed by atoms with Gasteiger partial charge < -0.3 is 9.72 Å². The first-order chi connectivity index (χ1) is 12.5. The molecule has 1 aromatic heterocycles. The van der Waals surface area contributed by atoms with Crippen molar-refractivity contribution in [3.63, 3.8) is 0 Å². The van der Waals surface area contributed by atoms with Crippen molar-refractivity contribution in [1.29, 1.82) is 0 Å². The molecule has 0 aliphatic carbocycles. The molecule has 138 valence electrons. The summed E-state index contributed by atoms with van der Waals surface area (Å²) < 4.78 is 5.32. The maximum atomic E-state index is 12.3. The van der Waals surface area contributed by atoms with Gasteiger partial charge in [-0.15, -0.1) is 0 Å². The second-order valence-electron chi connectivity index (χ2n) is 5.95. The third-order valence-corrected chi connectivity index (χ3v) is 4.83. The first kappa shape index (κ1) is 18.4. The maximum absolute atomic E-state index is 12.3. The fourth-order valence-electron chi connectivity index (χ4n) is 3.03. The minimum atomic E-state index is -0.432. The number of nitrogens with zero attached hydrogens (tertiary/aromatic N) is 3. The molecule has 1 aliphatic rings. The van der Waals surface area contributed by atoms with E-state index in [2.05, 4.69) is 14.9 Å². The van der Waals surface area contributed by atoms with Crippen molar-refractivity contribution in [2.24, 2.45) is 0 Å². The van der Waals surface area contributed by atoms with E-state index in [0.717, 1.165) is 17.8 Å². The number of nitrogens with one attached hydrogen (secondary N) is 1. The summed E-state index contributed by atoms with van der Waals surface area (Å²) in [6.45, 7) is 3.91. The maximum Gasteiger partial charge on any atom is 0.311 e. The highest BCUT2D eigenvalue weighted by Gasteiger charge is 2.22. The molecule has 0 bridgehead atoms. The third kappa shape index (κ3) is 3.88. The van der Waals surface area contributed by atoms with Crippen molar-refractivity contribution in [2.45, 2.75) is 31.6 Å². The van der Waals surface area contributed by atoms with E-state index in [0.29, 0.717) is 36.8 Å². The monoisotopic (exact) mass is 376 g/mol. The topological polar surface area (TPSA) is 101 Å². The first-order valence-corrected chi connectivity index (χ1v) is 9.52. The number of aromatic nitrogens is 2. The van der Waals surface area contributed by atoms with Gasteiger partial charge in [-0.05, 0) is 24.8 Å². The van der Waals surface area contributed by atoms with Gasteiger partial charge in [0, 0.05) is 32.1 Å². The Bertz CT molecular complexity index is 884. The molecule has 0 saturated heterocycles. The lowest BCUT2D eigenvalue weighted by Crippen LogP contribution is -2.35. The summed E-state index contributed by atoms with van der Waals surface area (Å²) in [4.78, 5) is 32.4. The highest BCUT2D eigenvalue weighted by atomic mass is 32.2. The van der Waals surface area contributed by atoms with Gasteiger partial charge in [0.1, 0.15) is 0 Å². The van der Waals surface area contributed by atoms with Crippen molar-refractivity contribution in [3.8, 4) is 5.75 Å². The number of aromatic amines is 1. The quantitative estimate of drug-likeness (QED) is 0.357. The molecule has 0 atom stereocenters. The van der Waals surface area contributed by atoms with E-state index in [1.54, 1.807) is 19.1 Å². The number of hydrogen-bond acceptors (Lipinski definition) is 7. The minimum Gasteiger partial charge on any atom is -0.487 e. The summed E-state index contributed by atoms with van der Waals surface area (Å²) in [5.74, 6) is 0.274. The number of hydrogen-bond donors (Lipinski definition) is 1. The zero-order valence-corrected chi connectivity index (χ0v) is 15.5. The number of benzene rings is 1.